The topological polar surface area (TPSA) is 0 Å². The van der Waals surface area contributed by atoms with Crippen molar-refractivity contribution >= 4 is 11.6 Å². The Morgan fingerprint density at radius 2 is 2.00 bits per heavy atom. The monoisotopic (exact) mass is 278 g/mol. The summed E-state index contributed by atoms with van der Waals surface area (Å²) >= 11 is 6.47. The normalized spacial score (nSPS) is 20.9. The molecule has 2 unspecified atom stereocenters. The predicted octanol–water partition coefficient (Wildman–Crippen LogP) is 5.93. The number of fused-ring (bicyclic) bond motifs is 1. The third kappa shape index (κ3) is 3.99. The molecule has 0 aliphatic heterocycles. The van der Waals surface area contributed by atoms with E-state index in [0.717, 1.165) is 12.3 Å². The van der Waals surface area contributed by atoms with E-state index in [1.165, 1.54) is 32.1 Å². The van der Waals surface area contributed by atoms with E-state index in [0.29, 0.717) is 5.38 Å². The van der Waals surface area contributed by atoms with Crippen molar-refractivity contribution in [2.75, 3.05) is 0 Å². The lowest BCUT2D eigenvalue weighted by Crippen LogP contribution is -2.20. The van der Waals surface area contributed by atoms with Crippen molar-refractivity contribution in [2.24, 2.45) is 5.41 Å². The first-order valence-electron chi connectivity index (χ1n) is 7.70. The van der Waals surface area contributed by atoms with Gasteiger partial charge >= 0.3 is 0 Å². The van der Waals surface area contributed by atoms with Gasteiger partial charge in [0.15, 0.2) is 0 Å². The van der Waals surface area contributed by atoms with Crippen LogP contribution in [0.4, 0.5) is 0 Å². The molecule has 0 saturated heterocycles. The molecule has 0 saturated carbocycles. The number of benzene rings is 1. The lowest BCUT2D eigenvalue weighted by atomic mass is 9.79. The van der Waals surface area contributed by atoms with Crippen molar-refractivity contribution in [1.29, 1.82) is 0 Å². The van der Waals surface area contributed by atoms with Gasteiger partial charge in [0.1, 0.15) is 0 Å². The van der Waals surface area contributed by atoms with E-state index in [9.17, 15) is 0 Å². The standard InChI is InChI=1S/C18H27Cl/c1-18(2,3)17(19)13-7-11-15-10-6-9-14-8-4-5-12-16(14)15/h4-5,8,12,15,17H,6-7,9-11,13H2,1-3H3. The summed E-state index contributed by atoms with van der Waals surface area (Å²) in [5, 5.41) is 0.298. The largest absolute Gasteiger partial charge is 0.122 e. The molecule has 2 atom stereocenters. The second-order valence-corrected chi connectivity index (χ2v) is 7.58. The summed E-state index contributed by atoms with van der Waals surface area (Å²) in [5.41, 5.74) is 3.42. The zero-order chi connectivity index (χ0) is 13.9. The maximum atomic E-state index is 6.47. The molecule has 0 amide bonds. The smallest absolute Gasteiger partial charge is 0.0384 e. The average Bonchev–Trinajstić information content (AvgIpc) is 2.38. The van der Waals surface area contributed by atoms with Crippen molar-refractivity contribution < 1.29 is 0 Å². The first-order chi connectivity index (χ1) is 8.98. The maximum Gasteiger partial charge on any atom is 0.0384 e. The Kier molecular flexibility index (Phi) is 4.95. The van der Waals surface area contributed by atoms with Crippen LogP contribution < -0.4 is 0 Å². The van der Waals surface area contributed by atoms with Gasteiger partial charge in [-0.25, -0.2) is 0 Å². The summed E-state index contributed by atoms with van der Waals surface area (Å²) in [6, 6.07) is 9.01. The van der Waals surface area contributed by atoms with Gasteiger partial charge in [-0.1, -0.05) is 51.5 Å². The highest BCUT2D eigenvalue weighted by Gasteiger charge is 2.23. The molecule has 0 nitrogen and oxygen atoms in total. The van der Waals surface area contributed by atoms with E-state index < -0.39 is 0 Å². The fourth-order valence-electron chi connectivity index (χ4n) is 3.13. The molecule has 1 aromatic carbocycles. The summed E-state index contributed by atoms with van der Waals surface area (Å²) in [5.74, 6) is 0.772. The number of hydrogen-bond acceptors (Lipinski definition) is 0. The number of hydrogen-bond donors (Lipinski definition) is 0. The second-order valence-electron chi connectivity index (χ2n) is 7.05. The third-order valence-electron chi connectivity index (χ3n) is 4.44. The van der Waals surface area contributed by atoms with Crippen molar-refractivity contribution in [3.8, 4) is 0 Å². The van der Waals surface area contributed by atoms with Gasteiger partial charge in [-0.3, -0.25) is 0 Å². The van der Waals surface area contributed by atoms with E-state index in [-0.39, 0.29) is 5.41 Å². The second kappa shape index (κ2) is 6.31. The van der Waals surface area contributed by atoms with Gasteiger partial charge in [0, 0.05) is 5.38 Å². The van der Waals surface area contributed by atoms with Gasteiger partial charge < -0.3 is 0 Å². The highest BCUT2D eigenvalue weighted by atomic mass is 35.5. The molecule has 2 rings (SSSR count). The van der Waals surface area contributed by atoms with Crippen molar-refractivity contribution in [3.63, 3.8) is 0 Å². The molecule has 106 valence electrons. The lowest BCUT2D eigenvalue weighted by molar-refractivity contribution is 0.359. The van der Waals surface area contributed by atoms with Gasteiger partial charge in [0.2, 0.25) is 0 Å². The van der Waals surface area contributed by atoms with Crippen LogP contribution in [0, 0.1) is 5.41 Å². The quantitative estimate of drug-likeness (QED) is 0.599. The van der Waals surface area contributed by atoms with E-state index in [1.807, 2.05) is 0 Å². The lowest BCUT2D eigenvalue weighted by Gasteiger charge is -2.28. The first-order valence-corrected chi connectivity index (χ1v) is 8.14. The van der Waals surface area contributed by atoms with Crippen molar-refractivity contribution in [1.82, 2.24) is 0 Å². The highest BCUT2D eigenvalue weighted by molar-refractivity contribution is 6.21. The molecule has 1 aliphatic rings. The fourth-order valence-corrected chi connectivity index (χ4v) is 3.29. The number of aryl methyl sites for hydroxylation is 1. The minimum absolute atomic E-state index is 0.228. The summed E-state index contributed by atoms with van der Waals surface area (Å²) < 4.78 is 0. The SMILES string of the molecule is CC(C)(C)C(Cl)CCCC1CCCc2ccccc21. The molecule has 0 radical (unpaired) electrons. The van der Waals surface area contributed by atoms with Gasteiger partial charge in [0.25, 0.3) is 0 Å². The Balaban J connectivity index is 1.88. The van der Waals surface area contributed by atoms with Crippen LogP contribution in [0.5, 0.6) is 0 Å². The molecule has 0 spiro atoms. The first kappa shape index (κ1) is 14.9. The Morgan fingerprint density at radius 3 is 2.74 bits per heavy atom. The molecule has 0 fully saturated rings. The average molecular weight is 279 g/mol. The number of alkyl halides is 1. The van der Waals surface area contributed by atoms with Crippen LogP contribution in [0.25, 0.3) is 0 Å². The maximum absolute atomic E-state index is 6.47. The van der Waals surface area contributed by atoms with Gasteiger partial charge in [-0.05, 0) is 54.6 Å². The molecular weight excluding hydrogens is 252 g/mol. The molecule has 1 aliphatic carbocycles. The van der Waals surface area contributed by atoms with Crippen molar-refractivity contribution in [2.45, 2.75) is 70.6 Å². The molecule has 1 heteroatoms. The molecular formula is C18H27Cl. The van der Waals surface area contributed by atoms with Gasteiger partial charge in [-0.15, -0.1) is 11.6 Å². The zero-order valence-electron chi connectivity index (χ0n) is 12.6. The van der Waals surface area contributed by atoms with E-state index >= 15 is 0 Å². The van der Waals surface area contributed by atoms with Gasteiger partial charge in [0.05, 0.1) is 0 Å². The summed E-state index contributed by atoms with van der Waals surface area (Å²) in [7, 11) is 0. The Labute approximate surface area is 123 Å². The molecule has 0 aromatic heterocycles. The molecule has 19 heavy (non-hydrogen) atoms. The minimum atomic E-state index is 0.228. The molecule has 1 aromatic rings. The van der Waals surface area contributed by atoms with Crippen LogP contribution in [0.2, 0.25) is 0 Å². The molecule has 0 bridgehead atoms. The van der Waals surface area contributed by atoms with Crippen LogP contribution in [-0.4, -0.2) is 5.38 Å². The Morgan fingerprint density at radius 1 is 1.26 bits per heavy atom. The fraction of sp³-hybridized carbons (Fsp3) is 0.667. The zero-order valence-corrected chi connectivity index (χ0v) is 13.3. The highest BCUT2D eigenvalue weighted by Crippen LogP contribution is 2.36. The summed E-state index contributed by atoms with van der Waals surface area (Å²) in [4.78, 5) is 0. The summed E-state index contributed by atoms with van der Waals surface area (Å²) in [6.45, 7) is 6.71. The van der Waals surface area contributed by atoms with Crippen LogP contribution in [0.15, 0.2) is 24.3 Å². The van der Waals surface area contributed by atoms with Crippen LogP contribution >= 0.6 is 11.6 Å². The van der Waals surface area contributed by atoms with E-state index in [2.05, 4.69) is 45.0 Å². The van der Waals surface area contributed by atoms with E-state index in [4.69, 9.17) is 11.6 Å². The van der Waals surface area contributed by atoms with Crippen LogP contribution in [0.3, 0.4) is 0 Å². The molecule has 0 N–H and O–H groups in total. The summed E-state index contributed by atoms with van der Waals surface area (Å²) in [6.07, 6.45) is 7.68. The van der Waals surface area contributed by atoms with E-state index in [1.54, 1.807) is 11.1 Å². The minimum Gasteiger partial charge on any atom is -0.122 e. The number of halogens is 1. The number of rotatable bonds is 4. The predicted molar refractivity (Wildman–Crippen MR) is 85.1 cm³/mol. The van der Waals surface area contributed by atoms with Crippen LogP contribution in [-0.2, 0) is 6.42 Å². The Bertz CT molecular complexity index is 402. The van der Waals surface area contributed by atoms with Gasteiger partial charge in [-0.2, -0.15) is 0 Å². The molecule has 0 heterocycles. The van der Waals surface area contributed by atoms with Crippen LogP contribution in [0.1, 0.15) is 69.9 Å². The van der Waals surface area contributed by atoms with Crippen molar-refractivity contribution in [3.05, 3.63) is 35.4 Å². The Hall–Kier alpha value is -0.490. The third-order valence-corrected chi connectivity index (χ3v) is 5.32.